The Balaban J connectivity index is 1.20. The zero-order valence-corrected chi connectivity index (χ0v) is 18.7. The first-order chi connectivity index (χ1) is 15.1. The zero-order chi connectivity index (χ0) is 21.6. The molecule has 1 aromatic carbocycles. The van der Waals surface area contributed by atoms with Crippen LogP contribution in [0.4, 0.5) is 0 Å². The number of thiazole rings is 1. The Morgan fingerprint density at radius 3 is 2.94 bits per heavy atom. The van der Waals surface area contributed by atoms with Gasteiger partial charge in [-0.15, -0.1) is 23.1 Å². The summed E-state index contributed by atoms with van der Waals surface area (Å²) in [6.45, 7) is 0.640. The summed E-state index contributed by atoms with van der Waals surface area (Å²) in [6, 6.07) is 13.4. The predicted molar refractivity (Wildman–Crippen MR) is 123 cm³/mol. The Morgan fingerprint density at radius 2 is 2.10 bits per heavy atom. The molecule has 0 atom stereocenters. The van der Waals surface area contributed by atoms with Crippen molar-refractivity contribution in [2.75, 3.05) is 19.3 Å². The fourth-order valence-corrected chi connectivity index (χ4v) is 4.70. The lowest BCUT2D eigenvalue weighted by atomic mass is 10.1. The summed E-state index contributed by atoms with van der Waals surface area (Å²) in [6.07, 6.45) is 3.23. The van der Waals surface area contributed by atoms with Crippen molar-refractivity contribution in [3.05, 3.63) is 75.8 Å². The highest BCUT2D eigenvalue weighted by Gasteiger charge is 2.11. The Morgan fingerprint density at radius 1 is 1.26 bits per heavy atom. The number of fused-ring (bicyclic) bond motifs is 1. The largest absolute Gasteiger partial charge is 0.361 e. The van der Waals surface area contributed by atoms with E-state index in [-0.39, 0.29) is 11.5 Å². The number of thioether (sulfide) groups is 1. The van der Waals surface area contributed by atoms with Crippen LogP contribution in [-0.4, -0.2) is 44.7 Å². The quantitative estimate of drug-likeness (QED) is 0.383. The molecule has 4 aromatic rings. The summed E-state index contributed by atoms with van der Waals surface area (Å²) >= 11 is 2.89. The van der Waals surface area contributed by atoms with Crippen LogP contribution in [0.25, 0.3) is 16.2 Å². The Kier molecular flexibility index (Phi) is 6.83. The van der Waals surface area contributed by atoms with Crippen LogP contribution in [0.15, 0.2) is 63.4 Å². The minimum Gasteiger partial charge on any atom is -0.361 e. The van der Waals surface area contributed by atoms with E-state index >= 15 is 0 Å². The summed E-state index contributed by atoms with van der Waals surface area (Å²) in [5, 5.41) is 5.96. The van der Waals surface area contributed by atoms with Crippen LogP contribution in [0.5, 0.6) is 0 Å². The van der Waals surface area contributed by atoms with Crippen molar-refractivity contribution in [3.8, 4) is 11.3 Å². The number of hydrogen-bond donors (Lipinski definition) is 0. The van der Waals surface area contributed by atoms with Gasteiger partial charge in [-0.25, -0.2) is 4.98 Å². The predicted octanol–water partition coefficient (Wildman–Crippen LogP) is 3.74. The molecule has 3 aromatic heterocycles. The van der Waals surface area contributed by atoms with Gasteiger partial charge in [0.1, 0.15) is 11.5 Å². The van der Waals surface area contributed by atoms with Crippen LogP contribution < -0.4 is 5.56 Å². The highest BCUT2D eigenvalue weighted by Crippen LogP contribution is 2.19. The molecule has 0 aliphatic rings. The average Bonchev–Trinajstić information content (AvgIpc) is 3.44. The zero-order valence-electron chi connectivity index (χ0n) is 17.1. The highest BCUT2D eigenvalue weighted by atomic mass is 32.2. The van der Waals surface area contributed by atoms with Crippen LogP contribution in [0, 0.1) is 0 Å². The molecule has 4 rings (SSSR count). The number of benzene rings is 1. The third-order valence-electron chi connectivity index (χ3n) is 4.80. The molecule has 160 valence electrons. The number of hydrogen-bond acceptors (Lipinski definition) is 7. The van der Waals surface area contributed by atoms with E-state index in [4.69, 9.17) is 4.52 Å². The van der Waals surface area contributed by atoms with Crippen molar-refractivity contribution < 1.29 is 9.32 Å². The lowest BCUT2D eigenvalue weighted by Gasteiger charge is -2.16. The minimum atomic E-state index is -0.0897. The summed E-state index contributed by atoms with van der Waals surface area (Å²) in [4.78, 5) is 31.3. The molecule has 9 heteroatoms. The molecular formula is C22H22N4O3S2. The number of aromatic nitrogens is 3. The summed E-state index contributed by atoms with van der Waals surface area (Å²) < 4.78 is 6.94. The number of amides is 1. The molecule has 0 N–H and O–H groups in total. The third-order valence-corrected chi connectivity index (χ3v) is 6.51. The standard InChI is InChI=1S/C22H22N4O3S2/c1-25(9-5-8-18-13-19(24-29-18)16-6-3-2-4-7-16)21(28)15-30-14-17-12-20(27)26-10-11-31-22(26)23-17/h2-4,6-7,10-13H,5,8-9,14-15H2,1H3. The van der Waals surface area contributed by atoms with Crippen LogP contribution >= 0.6 is 23.1 Å². The molecule has 0 spiro atoms. The van der Waals surface area contributed by atoms with E-state index in [1.54, 1.807) is 18.1 Å². The molecule has 0 aliphatic heterocycles. The van der Waals surface area contributed by atoms with Gasteiger partial charge in [0.05, 0.1) is 11.4 Å². The number of aryl methyl sites for hydroxylation is 1. The van der Waals surface area contributed by atoms with Crippen molar-refractivity contribution in [2.45, 2.75) is 18.6 Å². The van der Waals surface area contributed by atoms with Crippen LogP contribution in [0.1, 0.15) is 17.9 Å². The smallest absolute Gasteiger partial charge is 0.258 e. The van der Waals surface area contributed by atoms with E-state index in [0.29, 0.717) is 28.7 Å². The van der Waals surface area contributed by atoms with Gasteiger partial charge < -0.3 is 9.42 Å². The monoisotopic (exact) mass is 454 g/mol. The minimum absolute atomic E-state index is 0.0569. The van der Waals surface area contributed by atoms with Gasteiger partial charge in [0, 0.05) is 55.0 Å². The molecule has 0 radical (unpaired) electrons. The number of carbonyl (C=O) groups excluding carboxylic acids is 1. The second-order valence-electron chi connectivity index (χ2n) is 7.10. The maximum Gasteiger partial charge on any atom is 0.258 e. The second-order valence-corrected chi connectivity index (χ2v) is 8.96. The van der Waals surface area contributed by atoms with Crippen LogP contribution in [0.2, 0.25) is 0 Å². The molecule has 31 heavy (non-hydrogen) atoms. The first-order valence-electron chi connectivity index (χ1n) is 9.88. The first kappa shape index (κ1) is 21.3. The molecule has 3 heterocycles. The molecule has 0 bridgehead atoms. The second kappa shape index (κ2) is 9.93. The lowest BCUT2D eigenvalue weighted by Crippen LogP contribution is -2.29. The topological polar surface area (TPSA) is 80.7 Å². The molecule has 0 unspecified atom stereocenters. The van der Waals surface area contributed by atoms with Crippen molar-refractivity contribution in [1.82, 2.24) is 19.4 Å². The maximum atomic E-state index is 12.4. The third kappa shape index (κ3) is 5.42. The Bertz CT molecular complexity index is 1220. The first-order valence-corrected chi connectivity index (χ1v) is 11.9. The fourth-order valence-electron chi connectivity index (χ4n) is 3.11. The Hall–Kier alpha value is -2.91. The van der Waals surface area contributed by atoms with Crippen molar-refractivity contribution >= 4 is 34.0 Å². The molecule has 1 amide bonds. The molecule has 0 fully saturated rings. The van der Waals surface area contributed by atoms with Gasteiger partial charge in [-0.3, -0.25) is 14.0 Å². The molecule has 0 aliphatic carbocycles. The van der Waals surface area contributed by atoms with Crippen molar-refractivity contribution in [3.63, 3.8) is 0 Å². The highest BCUT2D eigenvalue weighted by molar-refractivity contribution is 7.99. The van der Waals surface area contributed by atoms with Gasteiger partial charge in [0.15, 0.2) is 4.96 Å². The van der Waals surface area contributed by atoms with Gasteiger partial charge in [-0.2, -0.15) is 0 Å². The summed E-state index contributed by atoms with van der Waals surface area (Å²) in [5.74, 6) is 1.75. The van der Waals surface area contributed by atoms with Crippen LogP contribution in [-0.2, 0) is 17.0 Å². The van der Waals surface area contributed by atoms with E-state index in [0.717, 1.165) is 29.9 Å². The lowest BCUT2D eigenvalue weighted by molar-refractivity contribution is -0.127. The van der Waals surface area contributed by atoms with Crippen molar-refractivity contribution in [2.24, 2.45) is 0 Å². The van der Waals surface area contributed by atoms with Crippen LogP contribution in [0.3, 0.4) is 0 Å². The number of nitrogens with zero attached hydrogens (tertiary/aromatic N) is 4. The molecule has 0 saturated carbocycles. The molecular weight excluding hydrogens is 432 g/mol. The van der Waals surface area contributed by atoms with Gasteiger partial charge in [0.2, 0.25) is 5.91 Å². The Labute approximate surface area is 187 Å². The van der Waals surface area contributed by atoms with E-state index in [1.165, 1.54) is 33.6 Å². The van der Waals surface area contributed by atoms with Gasteiger partial charge in [-0.05, 0) is 6.42 Å². The average molecular weight is 455 g/mol. The summed E-state index contributed by atoms with van der Waals surface area (Å²) in [5.41, 5.74) is 2.46. The molecule has 0 saturated heterocycles. The van der Waals surface area contributed by atoms with E-state index in [2.05, 4.69) is 10.1 Å². The normalized spacial score (nSPS) is 11.1. The number of rotatable bonds is 9. The SMILES string of the molecule is CN(CCCc1cc(-c2ccccc2)no1)C(=O)CSCc1cc(=O)n2ccsc2n1. The molecule has 7 nitrogen and oxygen atoms in total. The van der Waals surface area contributed by atoms with Gasteiger partial charge in [-0.1, -0.05) is 35.5 Å². The summed E-state index contributed by atoms with van der Waals surface area (Å²) in [7, 11) is 1.81. The number of carbonyl (C=O) groups is 1. The van der Waals surface area contributed by atoms with Gasteiger partial charge in [0.25, 0.3) is 5.56 Å². The van der Waals surface area contributed by atoms with E-state index in [1.807, 2.05) is 41.8 Å². The van der Waals surface area contributed by atoms with E-state index < -0.39 is 0 Å². The maximum absolute atomic E-state index is 12.4. The van der Waals surface area contributed by atoms with Gasteiger partial charge >= 0.3 is 0 Å². The van der Waals surface area contributed by atoms with E-state index in [9.17, 15) is 9.59 Å². The van der Waals surface area contributed by atoms with Crippen molar-refractivity contribution in [1.29, 1.82) is 0 Å². The fraction of sp³-hybridized carbons (Fsp3) is 0.273.